The van der Waals surface area contributed by atoms with Gasteiger partial charge in [-0.25, -0.2) is 18.0 Å². The van der Waals surface area contributed by atoms with Gasteiger partial charge in [-0.05, 0) is 45.4 Å². The quantitative estimate of drug-likeness (QED) is 0.157. The van der Waals surface area contributed by atoms with Crippen LogP contribution in [-0.4, -0.2) is 119 Å². The number of nitrogens with zero attached hydrogens (tertiary/aromatic N) is 2. The lowest BCUT2D eigenvalue weighted by Crippen LogP contribution is -2.72. The third-order valence-electron chi connectivity index (χ3n) is 10.0. The summed E-state index contributed by atoms with van der Waals surface area (Å²) < 4.78 is 45.5. The first-order chi connectivity index (χ1) is 24.9. The Bertz CT molecular complexity index is 1980. The van der Waals surface area contributed by atoms with Gasteiger partial charge in [0.2, 0.25) is 24.5 Å². The van der Waals surface area contributed by atoms with E-state index in [1.165, 1.54) is 44.7 Å². The van der Waals surface area contributed by atoms with Crippen LogP contribution in [0, 0.1) is 0 Å². The highest BCUT2D eigenvalue weighted by molar-refractivity contribution is 8.01. The molecule has 20 heteroatoms. The summed E-state index contributed by atoms with van der Waals surface area (Å²) in [6.45, 7) is 5.00. The Morgan fingerprint density at radius 1 is 0.833 bits per heavy atom. The van der Waals surface area contributed by atoms with E-state index in [4.69, 9.17) is 24.7 Å². The molecule has 0 spiro atoms. The molecule has 6 rings (SSSR count). The number of esters is 2. The van der Waals surface area contributed by atoms with Crippen LogP contribution in [0.4, 0.5) is 0 Å². The molecule has 4 heterocycles. The molecule has 4 N–H and O–H groups in total. The SMILES string of the molecule is COc1cccc(OC)c1C(=O)N[C@@H]1C(=O)N2[C@@H]1SC(C)(C)[C@@H]2C(=O)OCOC(=O)[C@@H]1N2C(=O)[C@@H](NC(=O)C(N)c3ccccc3)[C@H]2S(=O)(=O)C1(C)C.Cl. The number of hydrogen-bond acceptors (Lipinski definition) is 14. The van der Waals surface area contributed by atoms with Crippen LogP contribution in [0.1, 0.15) is 49.7 Å². The number of rotatable bonds is 11. The Kier molecular flexibility index (Phi) is 11.0. The van der Waals surface area contributed by atoms with Crippen molar-refractivity contribution in [2.24, 2.45) is 5.73 Å². The van der Waals surface area contributed by atoms with Gasteiger partial charge in [0.1, 0.15) is 57.4 Å². The van der Waals surface area contributed by atoms with Crippen molar-refractivity contribution in [1.82, 2.24) is 20.4 Å². The molecular weight excluding hydrogens is 770 g/mol. The number of methoxy groups -OCH3 is 2. The molecule has 0 bridgehead atoms. The van der Waals surface area contributed by atoms with Crippen LogP contribution in [0.5, 0.6) is 11.5 Å². The van der Waals surface area contributed by atoms with Gasteiger partial charge in [-0.3, -0.25) is 19.2 Å². The lowest BCUT2D eigenvalue weighted by Gasteiger charge is -2.44. The molecule has 0 aliphatic carbocycles. The number of thioether (sulfide) groups is 1. The van der Waals surface area contributed by atoms with Crippen molar-refractivity contribution in [3.8, 4) is 11.5 Å². The Balaban J connectivity index is 0.00000561. The van der Waals surface area contributed by atoms with E-state index < -0.39 is 103 Å². The second-order valence-electron chi connectivity index (χ2n) is 13.9. The monoisotopic (exact) mass is 809 g/mol. The zero-order valence-corrected chi connectivity index (χ0v) is 32.4. The minimum atomic E-state index is -4.25. The molecule has 7 atom stereocenters. The van der Waals surface area contributed by atoms with E-state index >= 15 is 0 Å². The maximum atomic E-state index is 13.6. The van der Waals surface area contributed by atoms with Gasteiger partial charge < -0.3 is 45.1 Å². The van der Waals surface area contributed by atoms with E-state index in [1.807, 2.05) is 0 Å². The molecule has 0 aromatic heterocycles. The standard InChI is InChI=1S/C34H39N5O12S2.ClH/c1-33(2)23(38-27(42)21(29(38)52-33)36-25(40)19-17(48-5)13-10-14-18(19)49-6)31(44)50-15-51-32(45)24-34(3,4)53(46,47)30-22(28(43)39(24)30)37-26(41)20(35)16-11-8-7-9-12-16;/h7-14,20-24,29-30H,15,35H2,1-6H3,(H,36,40)(H,37,41);1H/t20?,21-,22-,23+,24+,29-,30-;/m1./s1. The molecule has 1 unspecified atom stereocenters. The van der Waals surface area contributed by atoms with E-state index in [0.29, 0.717) is 5.56 Å². The number of fused-ring (bicyclic) bond motifs is 2. The van der Waals surface area contributed by atoms with Crippen LogP contribution in [0.2, 0.25) is 0 Å². The number of carbonyl (C=O) groups excluding carboxylic acids is 6. The summed E-state index contributed by atoms with van der Waals surface area (Å²) >= 11 is 1.27. The Morgan fingerprint density at radius 3 is 1.96 bits per heavy atom. The number of nitrogens with two attached hydrogens (primary N) is 1. The summed E-state index contributed by atoms with van der Waals surface area (Å²) in [5, 5.41) is 2.93. The first-order valence-electron chi connectivity index (χ1n) is 16.4. The summed E-state index contributed by atoms with van der Waals surface area (Å²) in [5.74, 6) is -4.33. The first kappa shape index (κ1) is 40.6. The van der Waals surface area contributed by atoms with Gasteiger partial charge >= 0.3 is 11.9 Å². The fourth-order valence-electron chi connectivity index (χ4n) is 7.19. The predicted molar refractivity (Wildman–Crippen MR) is 194 cm³/mol. The minimum Gasteiger partial charge on any atom is -0.496 e. The van der Waals surface area contributed by atoms with E-state index in [0.717, 1.165) is 4.90 Å². The molecular formula is C34H40ClN5O12S2. The van der Waals surface area contributed by atoms with Crippen LogP contribution in [0.3, 0.4) is 0 Å². The summed E-state index contributed by atoms with van der Waals surface area (Å²) in [5.41, 5.74) is 6.58. The Morgan fingerprint density at radius 2 is 1.39 bits per heavy atom. The van der Waals surface area contributed by atoms with Crippen LogP contribution >= 0.6 is 24.2 Å². The van der Waals surface area contributed by atoms with Crippen LogP contribution in [0.25, 0.3) is 0 Å². The zero-order valence-electron chi connectivity index (χ0n) is 30.0. The summed E-state index contributed by atoms with van der Waals surface area (Å²) in [6, 6.07) is 6.70. The number of halogens is 1. The van der Waals surface area contributed by atoms with Gasteiger partial charge in [-0.1, -0.05) is 36.4 Å². The molecule has 17 nitrogen and oxygen atoms in total. The molecule has 4 aliphatic rings. The number of carbonyl (C=O) groups is 6. The second-order valence-corrected chi connectivity index (χ2v) is 18.3. The Labute approximate surface area is 321 Å². The fourth-order valence-corrected chi connectivity index (χ4v) is 11.0. The molecule has 4 saturated heterocycles. The van der Waals surface area contributed by atoms with Crippen molar-refractivity contribution < 1.29 is 56.1 Å². The summed E-state index contributed by atoms with van der Waals surface area (Å²) in [4.78, 5) is 81.6. The molecule has 292 valence electrons. The average molecular weight is 810 g/mol. The maximum absolute atomic E-state index is 13.6. The van der Waals surface area contributed by atoms with Gasteiger partial charge in [0, 0.05) is 4.75 Å². The van der Waals surface area contributed by atoms with Crippen molar-refractivity contribution in [2.45, 2.75) is 78.1 Å². The molecule has 0 radical (unpaired) electrons. The maximum Gasteiger partial charge on any atom is 0.333 e. The van der Waals surface area contributed by atoms with Crippen LogP contribution < -0.4 is 25.8 Å². The number of benzene rings is 2. The number of hydrogen-bond donors (Lipinski definition) is 3. The van der Waals surface area contributed by atoms with Gasteiger partial charge in [0.25, 0.3) is 5.91 Å². The van der Waals surface area contributed by atoms with Crippen molar-refractivity contribution >= 4 is 69.6 Å². The van der Waals surface area contributed by atoms with Crippen molar-refractivity contribution in [2.75, 3.05) is 21.0 Å². The second kappa shape index (κ2) is 14.6. The highest BCUT2D eigenvalue weighted by atomic mass is 35.5. The summed E-state index contributed by atoms with van der Waals surface area (Å²) in [7, 11) is -1.46. The molecule has 2 aromatic rings. The largest absolute Gasteiger partial charge is 0.496 e. The Hall–Kier alpha value is -4.59. The highest BCUT2D eigenvalue weighted by Crippen LogP contribution is 2.51. The van der Waals surface area contributed by atoms with Crippen molar-refractivity contribution in [3.63, 3.8) is 0 Å². The normalized spacial score (nSPS) is 27.1. The van der Waals surface area contributed by atoms with E-state index in [1.54, 1.807) is 62.4 Å². The van der Waals surface area contributed by atoms with Crippen LogP contribution in [-0.2, 0) is 43.3 Å². The van der Waals surface area contributed by atoms with E-state index in [2.05, 4.69) is 10.6 Å². The van der Waals surface area contributed by atoms with Crippen molar-refractivity contribution in [3.05, 3.63) is 59.7 Å². The molecule has 4 aliphatic heterocycles. The van der Waals surface area contributed by atoms with Gasteiger partial charge in [-0.2, -0.15) is 0 Å². The molecule has 54 heavy (non-hydrogen) atoms. The lowest BCUT2D eigenvalue weighted by atomic mass is 9.95. The van der Waals surface area contributed by atoms with E-state index in [-0.39, 0.29) is 29.5 Å². The smallest absolute Gasteiger partial charge is 0.333 e. The molecule has 4 amide bonds. The first-order valence-corrected chi connectivity index (χ1v) is 18.8. The lowest BCUT2D eigenvalue weighted by molar-refractivity contribution is -0.181. The number of β-lactam (4-membered cyclic amide) rings is 2. The third-order valence-corrected chi connectivity index (χ3v) is 14.4. The number of sulfone groups is 1. The molecule has 0 saturated carbocycles. The topological polar surface area (TPSA) is 230 Å². The zero-order chi connectivity index (χ0) is 38.8. The van der Waals surface area contributed by atoms with Crippen molar-refractivity contribution in [1.29, 1.82) is 0 Å². The minimum absolute atomic E-state index is 0. The average Bonchev–Trinajstić information content (AvgIpc) is 3.46. The number of ether oxygens (including phenoxy) is 4. The van der Waals surface area contributed by atoms with Gasteiger partial charge in [-0.15, -0.1) is 24.2 Å². The predicted octanol–water partition coefficient (Wildman–Crippen LogP) is 0.259. The molecule has 4 fully saturated rings. The van der Waals surface area contributed by atoms with Crippen LogP contribution in [0.15, 0.2) is 48.5 Å². The fraction of sp³-hybridized carbons (Fsp3) is 0.471. The number of nitrogens with one attached hydrogen (secondary N) is 2. The van der Waals surface area contributed by atoms with E-state index in [9.17, 15) is 37.2 Å². The third kappa shape index (κ3) is 6.29. The summed E-state index contributed by atoms with van der Waals surface area (Å²) in [6.07, 6.45) is 0. The van der Waals surface area contributed by atoms with Gasteiger partial charge in [0.05, 0.1) is 14.2 Å². The number of amides is 4. The molecule has 2 aromatic carbocycles. The van der Waals surface area contributed by atoms with Gasteiger partial charge in [0.15, 0.2) is 15.2 Å². The highest BCUT2D eigenvalue weighted by Gasteiger charge is 2.73.